The summed E-state index contributed by atoms with van der Waals surface area (Å²) in [6.45, 7) is 8.38. The highest BCUT2D eigenvalue weighted by molar-refractivity contribution is 5.82. The van der Waals surface area contributed by atoms with E-state index < -0.39 is 0 Å². The Bertz CT molecular complexity index is 438. The van der Waals surface area contributed by atoms with Crippen LogP contribution >= 0.6 is 0 Å². The van der Waals surface area contributed by atoms with Crippen LogP contribution in [-0.2, 0) is 11.3 Å². The van der Waals surface area contributed by atoms with Crippen LogP contribution in [0.4, 0.5) is 0 Å². The molecule has 0 aliphatic carbocycles. The molecule has 1 N–H and O–H groups in total. The second kappa shape index (κ2) is 7.25. The second-order valence-electron chi connectivity index (χ2n) is 5.47. The molecule has 3 heteroatoms. The lowest BCUT2D eigenvalue weighted by Crippen LogP contribution is -2.48. The fourth-order valence-corrected chi connectivity index (χ4v) is 2.59. The van der Waals surface area contributed by atoms with Crippen LogP contribution in [-0.4, -0.2) is 29.9 Å². The van der Waals surface area contributed by atoms with Crippen molar-refractivity contribution in [2.24, 2.45) is 5.92 Å². The molecule has 1 aromatic carbocycles. The number of benzene rings is 1. The second-order valence-corrected chi connectivity index (χ2v) is 5.47. The molecule has 0 radical (unpaired) electrons. The van der Waals surface area contributed by atoms with Gasteiger partial charge in [0.05, 0.1) is 6.04 Å². The first-order valence-corrected chi connectivity index (χ1v) is 7.41. The Kier molecular flexibility index (Phi) is 5.36. The molecule has 0 saturated carbocycles. The van der Waals surface area contributed by atoms with Crippen molar-refractivity contribution in [1.29, 1.82) is 0 Å². The SMILES string of the molecule is C=C[C@@H](C)[C@@H](NCc1ccccc1)C(=O)N1CCCC1. The van der Waals surface area contributed by atoms with E-state index in [1.807, 2.05) is 36.1 Å². The summed E-state index contributed by atoms with van der Waals surface area (Å²) in [5.74, 6) is 0.345. The quantitative estimate of drug-likeness (QED) is 0.807. The summed E-state index contributed by atoms with van der Waals surface area (Å²) < 4.78 is 0. The van der Waals surface area contributed by atoms with Gasteiger partial charge in [0, 0.05) is 19.6 Å². The fraction of sp³-hybridized carbons (Fsp3) is 0.471. The van der Waals surface area contributed by atoms with Crippen LogP contribution in [0.1, 0.15) is 25.3 Å². The number of hydrogen-bond acceptors (Lipinski definition) is 2. The average Bonchev–Trinajstić information content (AvgIpc) is 3.02. The van der Waals surface area contributed by atoms with Gasteiger partial charge >= 0.3 is 0 Å². The van der Waals surface area contributed by atoms with Crippen molar-refractivity contribution >= 4 is 5.91 Å². The third-order valence-corrected chi connectivity index (χ3v) is 3.95. The van der Waals surface area contributed by atoms with Gasteiger partial charge < -0.3 is 10.2 Å². The van der Waals surface area contributed by atoms with Gasteiger partial charge in [-0.3, -0.25) is 4.79 Å². The van der Waals surface area contributed by atoms with Crippen LogP contribution in [0.5, 0.6) is 0 Å². The lowest BCUT2D eigenvalue weighted by molar-refractivity contribution is -0.133. The zero-order valence-electron chi connectivity index (χ0n) is 12.2. The highest BCUT2D eigenvalue weighted by Gasteiger charge is 2.28. The summed E-state index contributed by atoms with van der Waals surface area (Å²) >= 11 is 0. The minimum Gasteiger partial charge on any atom is -0.341 e. The summed E-state index contributed by atoms with van der Waals surface area (Å²) in [6, 6.07) is 10.0. The summed E-state index contributed by atoms with van der Waals surface area (Å²) in [4.78, 5) is 14.6. The number of nitrogens with zero attached hydrogens (tertiary/aromatic N) is 1. The lowest BCUT2D eigenvalue weighted by atomic mass is 10.0. The van der Waals surface area contributed by atoms with E-state index in [0.717, 1.165) is 25.9 Å². The summed E-state index contributed by atoms with van der Waals surface area (Å²) in [6.07, 6.45) is 4.11. The zero-order valence-corrected chi connectivity index (χ0v) is 12.2. The molecule has 0 bridgehead atoms. The van der Waals surface area contributed by atoms with Gasteiger partial charge in [-0.15, -0.1) is 6.58 Å². The van der Waals surface area contributed by atoms with Gasteiger partial charge in [0.1, 0.15) is 0 Å². The number of hydrogen-bond donors (Lipinski definition) is 1. The van der Waals surface area contributed by atoms with E-state index in [4.69, 9.17) is 0 Å². The monoisotopic (exact) mass is 272 g/mol. The highest BCUT2D eigenvalue weighted by Crippen LogP contribution is 2.14. The maximum absolute atomic E-state index is 12.6. The Morgan fingerprint density at radius 3 is 2.60 bits per heavy atom. The molecule has 3 nitrogen and oxygen atoms in total. The molecule has 0 aromatic heterocycles. The number of carbonyl (C=O) groups is 1. The number of amides is 1. The van der Waals surface area contributed by atoms with Gasteiger partial charge in [-0.2, -0.15) is 0 Å². The first kappa shape index (κ1) is 14.8. The van der Waals surface area contributed by atoms with Crippen molar-refractivity contribution in [2.75, 3.05) is 13.1 Å². The van der Waals surface area contributed by atoms with Crippen LogP contribution in [0.3, 0.4) is 0 Å². The molecule has 1 fully saturated rings. The van der Waals surface area contributed by atoms with Crippen molar-refractivity contribution in [3.63, 3.8) is 0 Å². The predicted octanol–water partition coefficient (Wildman–Crippen LogP) is 2.59. The predicted molar refractivity (Wildman–Crippen MR) is 82.2 cm³/mol. The number of nitrogens with one attached hydrogen (secondary N) is 1. The van der Waals surface area contributed by atoms with Crippen LogP contribution in [0.15, 0.2) is 43.0 Å². The summed E-state index contributed by atoms with van der Waals surface area (Å²) in [5.41, 5.74) is 1.20. The molecule has 2 atom stereocenters. The maximum Gasteiger partial charge on any atom is 0.240 e. The van der Waals surface area contributed by atoms with Gasteiger partial charge in [0.25, 0.3) is 0 Å². The van der Waals surface area contributed by atoms with Gasteiger partial charge in [-0.05, 0) is 24.3 Å². The van der Waals surface area contributed by atoms with E-state index in [-0.39, 0.29) is 17.9 Å². The molecule has 108 valence electrons. The minimum atomic E-state index is -0.175. The maximum atomic E-state index is 12.6. The Morgan fingerprint density at radius 2 is 2.00 bits per heavy atom. The van der Waals surface area contributed by atoms with Crippen LogP contribution in [0, 0.1) is 5.92 Å². The van der Waals surface area contributed by atoms with E-state index in [1.54, 1.807) is 0 Å². The first-order valence-electron chi connectivity index (χ1n) is 7.41. The topological polar surface area (TPSA) is 32.3 Å². The molecule has 1 aliphatic heterocycles. The van der Waals surface area contributed by atoms with Crippen molar-refractivity contribution < 1.29 is 4.79 Å². The van der Waals surface area contributed by atoms with Gasteiger partial charge in [0.15, 0.2) is 0 Å². The summed E-state index contributed by atoms with van der Waals surface area (Å²) in [5, 5.41) is 3.40. The van der Waals surface area contributed by atoms with Crippen molar-refractivity contribution in [1.82, 2.24) is 10.2 Å². The van der Waals surface area contributed by atoms with Crippen LogP contribution < -0.4 is 5.32 Å². The molecular weight excluding hydrogens is 248 g/mol. The third kappa shape index (κ3) is 3.70. The lowest BCUT2D eigenvalue weighted by Gasteiger charge is -2.27. The molecule has 0 unspecified atom stereocenters. The average molecular weight is 272 g/mol. The Hall–Kier alpha value is -1.61. The molecule has 1 amide bonds. The van der Waals surface area contributed by atoms with Crippen LogP contribution in [0.2, 0.25) is 0 Å². The highest BCUT2D eigenvalue weighted by atomic mass is 16.2. The normalized spacial score (nSPS) is 17.8. The van der Waals surface area contributed by atoms with E-state index in [0.29, 0.717) is 6.54 Å². The summed E-state index contributed by atoms with van der Waals surface area (Å²) in [7, 11) is 0. The molecular formula is C17H24N2O. The number of likely N-dealkylation sites (tertiary alicyclic amines) is 1. The van der Waals surface area contributed by atoms with Gasteiger partial charge in [-0.25, -0.2) is 0 Å². The van der Waals surface area contributed by atoms with Crippen molar-refractivity contribution in [3.05, 3.63) is 48.6 Å². The smallest absolute Gasteiger partial charge is 0.240 e. The van der Waals surface area contributed by atoms with E-state index in [2.05, 4.69) is 24.0 Å². The molecule has 2 rings (SSSR count). The third-order valence-electron chi connectivity index (χ3n) is 3.95. The first-order chi connectivity index (χ1) is 9.72. The number of carbonyl (C=O) groups excluding carboxylic acids is 1. The fourth-order valence-electron chi connectivity index (χ4n) is 2.59. The van der Waals surface area contributed by atoms with E-state index in [1.165, 1.54) is 5.56 Å². The largest absolute Gasteiger partial charge is 0.341 e. The van der Waals surface area contributed by atoms with Crippen LogP contribution in [0.25, 0.3) is 0 Å². The van der Waals surface area contributed by atoms with Crippen molar-refractivity contribution in [2.45, 2.75) is 32.4 Å². The molecule has 1 heterocycles. The minimum absolute atomic E-state index is 0.131. The van der Waals surface area contributed by atoms with Crippen molar-refractivity contribution in [3.8, 4) is 0 Å². The number of rotatable bonds is 6. The Balaban J connectivity index is 1.99. The van der Waals surface area contributed by atoms with Gasteiger partial charge in [0.2, 0.25) is 5.91 Å². The molecule has 1 aliphatic rings. The molecule has 1 aromatic rings. The zero-order chi connectivity index (χ0) is 14.4. The van der Waals surface area contributed by atoms with E-state index in [9.17, 15) is 4.79 Å². The molecule has 1 saturated heterocycles. The standard InChI is InChI=1S/C17H24N2O/c1-3-14(2)16(17(20)19-11-7-8-12-19)18-13-15-9-5-4-6-10-15/h3-6,9-10,14,16,18H,1,7-8,11-13H2,2H3/t14-,16-/m1/s1. The molecule has 20 heavy (non-hydrogen) atoms. The Labute approximate surface area is 121 Å². The molecule has 0 spiro atoms. The Morgan fingerprint density at radius 1 is 1.35 bits per heavy atom. The van der Waals surface area contributed by atoms with E-state index >= 15 is 0 Å². The van der Waals surface area contributed by atoms with Gasteiger partial charge in [-0.1, -0.05) is 43.3 Å².